The first-order valence-electron chi connectivity index (χ1n) is 7.54. The Bertz CT molecular complexity index is 534. The molecule has 0 aliphatic carbocycles. The number of aliphatic imine (C=N–C) groups is 1. The Morgan fingerprint density at radius 3 is 2.54 bits per heavy atom. The van der Waals surface area contributed by atoms with E-state index in [0.29, 0.717) is 12.5 Å². The Labute approximate surface area is 157 Å². The van der Waals surface area contributed by atoms with Crippen LogP contribution in [-0.4, -0.2) is 44.7 Å². The highest BCUT2D eigenvalue weighted by atomic mass is 127. The third-order valence-corrected chi connectivity index (χ3v) is 3.93. The van der Waals surface area contributed by atoms with E-state index in [-0.39, 0.29) is 24.0 Å². The van der Waals surface area contributed by atoms with Gasteiger partial charge < -0.3 is 15.0 Å². The molecule has 1 N–H and O–H groups in total. The maximum Gasteiger partial charge on any atom is 0.416 e. The molecule has 1 aromatic carbocycles. The largest absolute Gasteiger partial charge is 0.416 e. The normalized spacial score (nSPS) is 18.5. The molecule has 2 rings (SSSR count). The zero-order chi connectivity index (χ0) is 16.9. The van der Waals surface area contributed by atoms with Gasteiger partial charge in [-0.25, -0.2) is 0 Å². The molecule has 0 bridgehead atoms. The first-order chi connectivity index (χ1) is 10.9. The summed E-state index contributed by atoms with van der Waals surface area (Å²) in [6.07, 6.45) is -3.25. The second-order valence-electron chi connectivity index (χ2n) is 5.65. The van der Waals surface area contributed by atoms with Gasteiger partial charge in [-0.05, 0) is 24.1 Å². The lowest BCUT2D eigenvalue weighted by Gasteiger charge is -2.21. The van der Waals surface area contributed by atoms with Gasteiger partial charge in [0.15, 0.2) is 5.96 Å². The quantitative estimate of drug-likeness (QED) is 0.428. The second kappa shape index (κ2) is 9.45. The summed E-state index contributed by atoms with van der Waals surface area (Å²) >= 11 is 0. The van der Waals surface area contributed by atoms with E-state index in [9.17, 15) is 13.2 Å². The number of hydrogen-bond acceptors (Lipinski definition) is 2. The summed E-state index contributed by atoms with van der Waals surface area (Å²) in [5.74, 6) is 1.26. The topological polar surface area (TPSA) is 36.9 Å². The summed E-state index contributed by atoms with van der Waals surface area (Å²) < 4.78 is 42.8. The van der Waals surface area contributed by atoms with Crippen LogP contribution in [0.25, 0.3) is 0 Å². The summed E-state index contributed by atoms with van der Waals surface area (Å²) in [5, 5.41) is 3.20. The number of rotatable bonds is 4. The van der Waals surface area contributed by atoms with Crippen LogP contribution in [0.2, 0.25) is 0 Å². The minimum Gasteiger partial charge on any atom is -0.384 e. The lowest BCUT2D eigenvalue weighted by atomic mass is 10.1. The highest BCUT2D eigenvalue weighted by molar-refractivity contribution is 14.0. The fourth-order valence-corrected chi connectivity index (χ4v) is 2.72. The van der Waals surface area contributed by atoms with E-state index >= 15 is 0 Å². The molecule has 24 heavy (non-hydrogen) atoms. The SMILES string of the molecule is CN=C(NCc1ccc(C(F)(F)F)cc1)N1CCC(COC)C1.I. The summed E-state index contributed by atoms with van der Waals surface area (Å²) in [5.41, 5.74) is 0.152. The molecule has 1 saturated heterocycles. The first-order valence-corrected chi connectivity index (χ1v) is 7.54. The summed E-state index contributed by atoms with van der Waals surface area (Å²) in [6, 6.07) is 5.18. The van der Waals surface area contributed by atoms with Crippen LogP contribution >= 0.6 is 24.0 Å². The molecule has 1 aromatic rings. The van der Waals surface area contributed by atoms with Gasteiger partial charge in [-0.2, -0.15) is 13.2 Å². The van der Waals surface area contributed by atoms with Gasteiger partial charge in [-0.15, -0.1) is 24.0 Å². The second-order valence-corrected chi connectivity index (χ2v) is 5.65. The van der Waals surface area contributed by atoms with Crippen LogP contribution in [0.5, 0.6) is 0 Å². The minimum absolute atomic E-state index is 0. The van der Waals surface area contributed by atoms with Gasteiger partial charge in [-0.1, -0.05) is 12.1 Å². The molecule has 1 aliphatic rings. The predicted octanol–water partition coefficient (Wildman–Crippen LogP) is 3.37. The lowest BCUT2D eigenvalue weighted by molar-refractivity contribution is -0.137. The number of hydrogen-bond donors (Lipinski definition) is 1. The highest BCUT2D eigenvalue weighted by Crippen LogP contribution is 2.29. The number of guanidine groups is 1. The van der Waals surface area contributed by atoms with Crippen LogP contribution < -0.4 is 5.32 Å². The van der Waals surface area contributed by atoms with Gasteiger partial charge in [0.25, 0.3) is 0 Å². The lowest BCUT2D eigenvalue weighted by Crippen LogP contribution is -2.39. The van der Waals surface area contributed by atoms with E-state index in [1.54, 1.807) is 14.2 Å². The molecular formula is C16H23F3IN3O. The maximum absolute atomic E-state index is 12.5. The van der Waals surface area contributed by atoms with Crippen LogP contribution in [0.15, 0.2) is 29.3 Å². The van der Waals surface area contributed by atoms with Gasteiger partial charge >= 0.3 is 6.18 Å². The van der Waals surface area contributed by atoms with Crippen molar-refractivity contribution >= 4 is 29.9 Å². The number of nitrogens with one attached hydrogen (secondary N) is 1. The standard InChI is InChI=1S/C16H22F3N3O.HI/c1-20-15(22-8-7-13(10-22)11-23-2)21-9-12-3-5-14(6-4-12)16(17,18)19;/h3-6,13H,7-11H2,1-2H3,(H,20,21);1H. The van der Waals surface area contributed by atoms with Gasteiger partial charge in [-0.3, -0.25) is 4.99 Å². The third-order valence-electron chi connectivity index (χ3n) is 3.93. The zero-order valence-electron chi connectivity index (χ0n) is 13.8. The van der Waals surface area contributed by atoms with Crippen LogP contribution in [0, 0.1) is 5.92 Å². The highest BCUT2D eigenvalue weighted by Gasteiger charge is 2.30. The third kappa shape index (κ3) is 5.80. The van der Waals surface area contributed by atoms with Gasteiger partial charge in [0.2, 0.25) is 0 Å². The molecule has 0 aromatic heterocycles. The molecule has 8 heteroatoms. The van der Waals surface area contributed by atoms with Crippen LogP contribution in [0.3, 0.4) is 0 Å². The molecule has 136 valence electrons. The predicted molar refractivity (Wildman–Crippen MR) is 98.6 cm³/mol. The molecule has 4 nitrogen and oxygen atoms in total. The minimum atomic E-state index is -4.30. The smallest absolute Gasteiger partial charge is 0.384 e. The number of nitrogens with zero attached hydrogens (tertiary/aromatic N) is 2. The van der Waals surface area contributed by atoms with Gasteiger partial charge in [0.1, 0.15) is 0 Å². The van der Waals surface area contributed by atoms with E-state index in [0.717, 1.165) is 49.8 Å². The average Bonchev–Trinajstić information content (AvgIpc) is 2.96. The number of halogens is 4. The fraction of sp³-hybridized carbons (Fsp3) is 0.562. The number of benzene rings is 1. The fourth-order valence-electron chi connectivity index (χ4n) is 2.72. The molecule has 0 saturated carbocycles. The summed E-state index contributed by atoms with van der Waals surface area (Å²) in [7, 11) is 3.40. The van der Waals surface area contributed by atoms with Crippen molar-refractivity contribution in [2.45, 2.75) is 19.1 Å². The van der Waals surface area contributed by atoms with Crippen LogP contribution in [0.1, 0.15) is 17.5 Å². The van der Waals surface area contributed by atoms with Crippen molar-refractivity contribution in [1.29, 1.82) is 0 Å². The van der Waals surface area contributed by atoms with Crippen molar-refractivity contribution in [1.82, 2.24) is 10.2 Å². The van der Waals surface area contributed by atoms with Crippen molar-refractivity contribution in [2.24, 2.45) is 10.9 Å². The first kappa shape index (κ1) is 21.0. The molecule has 0 amide bonds. The molecule has 1 fully saturated rings. The Kier molecular flexibility index (Phi) is 8.28. The zero-order valence-corrected chi connectivity index (χ0v) is 16.1. The van der Waals surface area contributed by atoms with Crippen molar-refractivity contribution in [3.63, 3.8) is 0 Å². The van der Waals surface area contributed by atoms with Crippen LogP contribution in [0.4, 0.5) is 13.2 Å². The Morgan fingerprint density at radius 2 is 2.00 bits per heavy atom. The average molecular weight is 457 g/mol. The molecule has 1 unspecified atom stereocenters. The van der Waals surface area contributed by atoms with E-state index in [1.807, 2.05) is 0 Å². The van der Waals surface area contributed by atoms with Crippen molar-refractivity contribution in [2.75, 3.05) is 33.9 Å². The molecule has 0 radical (unpaired) electrons. The number of methoxy groups -OCH3 is 1. The molecule has 1 heterocycles. The Morgan fingerprint density at radius 1 is 1.33 bits per heavy atom. The van der Waals surface area contributed by atoms with Crippen molar-refractivity contribution in [3.05, 3.63) is 35.4 Å². The van der Waals surface area contributed by atoms with Gasteiger partial charge in [0.05, 0.1) is 12.2 Å². The monoisotopic (exact) mass is 457 g/mol. The molecule has 1 aliphatic heterocycles. The van der Waals surface area contributed by atoms with Gasteiger partial charge in [0, 0.05) is 39.7 Å². The van der Waals surface area contributed by atoms with E-state index in [1.165, 1.54) is 12.1 Å². The molecular weight excluding hydrogens is 434 g/mol. The molecule has 0 spiro atoms. The number of alkyl halides is 3. The number of likely N-dealkylation sites (tertiary alicyclic amines) is 1. The van der Waals surface area contributed by atoms with E-state index in [2.05, 4.69) is 15.2 Å². The van der Waals surface area contributed by atoms with Crippen LogP contribution in [-0.2, 0) is 17.5 Å². The molecule has 1 atom stereocenters. The summed E-state index contributed by atoms with van der Waals surface area (Å²) in [6.45, 7) is 2.95. The van der Waals surface area contributed by atoms with Crippen molar-refractivity contribution in [3.8, 4) is 0 Å². The number of ether oxygens (including phenoxy) is 1. The Hall–Kier alpha value is -1.03. The maximum atomic E-state index is 12.5. The summed E-state index contributed by atoms with van der Waals surface area (Å²) in [4.78, 5) is 6.39. The van der Waals surface area contributed by atoms with Crippen molar-refractivity contribution < 1.29 is 17.9 Å². The van der Waals surface area contributed by atoms with E-state index in [4.69, 9.17) is 4.74 Å². The van der Waals surface area contributed by atoms with E-state index < -0.39 is 11.7 Å². The Balaban J connectivity index is 0.00000288.